The monoisotopic (exact) mass is 274 g/mol. The van der Waals surface area contributed by atoms with Gasteiger partial charge in [0.15, 0.2) is 5.78 Å². The van der Waals surface area contributed by atoms with Crippen LogP contribution in [-0.4, -0.2) is 23.1 Å². The van der Waals surface area contributed by atoms with Crippen molar-refractivity contribution in [2.75, 3.05) is 0 Å². The van der Waals surface area contributed by atoms with Crippen LogP contribution in [0, 0.1) is 0 Å². The Morgan fingerprint density at radius 3 is 2.80 bits per heavy atom. The molecule has 0 saturated heterocycles. The van der Waals surface area contributed by atoms with Crippen molar-refractivity contribution < 1.29 is 14.6 Å². The molecule has 2 aliphatic rings. The molecule has 0 bridgehead atoms. The molecule has 1 N–H and O–H groups in total. The van der Waals surface area contributed by atoms with Crippen LogP contribution in [0.5, 0.6) is 5.75 Å². The molecule has 2 atom stereocenters. The normalized spacial score (nSPS) is 26.8. The van der Waals surface area contributed by atoms with E-state index in [1.807, 2.05) is 18.2 Å². The van der Waals surface area contributed by atoms with E-state index in [2.05, 4.69) is 0 Å². The summed E-state index contributed by atoms with van der Waals surface area (Å²) in [4.78, 5) is 11.9. The number of hydrogen-bond donors (Lipinski definition) is 1. The summed E-state index contributed by atoms with van der Waals surface area (Å²) in [7, 11) is 0. The van der Waals surface area contributed by atoms with Crippen LogP contribution in [0.15, 0.2) is 18.2 Å². The Kier molecular flexibility index (Phi) is 4.06. The minimum Gasteiger partial charge on any atom is -0.488 e. The van der Waals surface area contributed by atoms with Gasteiger partial charge in [0.25, 0.3) is 0 Å². The molecule has 1 aromatic rings. The van der Waals surface area contributed by atoms with Gasteiger partial charge < -0.3 is 9.84 Å². The van der Waals surface area contributed by atoms with Gasteiger partial charge in [0, 0.05) is 12.0 Å². The third-order valence-corrected chi connectivity index (χ3v) is 4.44. The number of rotatable bonds is 2. The molecule has 1 saturated carbocycles. The van der Waals surface area contributed by atoms with E-state index in [1.165, 1.54) is 6.42 Å². The van der Waals surface area contributed by atoms with Crippen LogP contribution in [0.4, 0.5) is 0 Å². The second-order valence-corrected chi connectivity index (χ2v) is 5.96. The maximum absolute atomic E-state index is 11.9. The van der Waals surface area contributed by atoms with Crippen molar-refractivity contribution in [1.29, 1.82) is 0 Å². The van der Waals surface area contributed by atoms with E-state index in [9.17, 15) is 9.90 Å². The number of benzene rings is 1. The Labute approximate surface area is 120 Å². The standard InChI is InChI=1S/C17H22O3/c18-15-7-4-5-12-9-10-13(11-14(12)15)20-17-8-3-1-2-6-16(17)19/h9-11,16-17,19H,1-8H2. The van der Waals surface area contributed by atoms with Crippen LogP contribution in [0.3, 0.4) is 0 Å². The zero-order valence-corrected chi connectivity index (χ0v) is 11.8. The summed E-state index contributed by atoms with van der Waals surface area (Å²) in [5.41, 5.74) is 1.95. The lowest BCUT2D eigenvalue weighted by atomic mass is 9.90. The number of aliphatic hydroxyl groups is 1. The van der Waals surface area contributed by atoms with E-state index in [4.69, 9.17) is 4.74 Å². The summed E-state index contributed by atoms with van der Waals surface area (Å²) in [6.45, 7) is 0. The van der Waals surface area contributed by atoms with E-state index in [0.29, 0.717) is 6.42 Å². The molecule has 1 aromatic carbocycles. The van der Waals surface area contributed by atoms with Gasteiger partial charge in [0.05, 0.1) is 6.10 Å². The molecule has 3 heteroatoms. The number of hydrogen-bond acceptors (Lipinski definition) is 3. The summed E-state index contributed by atoms with van der Waals surface area (Å²) >= 11 is 0. The van der Waals surface area contributed by atoms with Gasteiger partial charge in [-0.05, 0) is 49.8 Å². The third-order valence-electron chi connectivity index (χ3n) is 4.44. The number of carbonyl (C=O) groups is 1. The predicted octanol–water partition coefficient (Wildman–Crippen LogP) is 3.28. The fourth-order valence-electron chi connectivity index (χ4n) is 3.25. The molecule has 2 unspecified atom stereocenters. The van der Waals surface area contributed by atoms with Crippen LogP contribution < -0.4 is 4.74 Å². The van der Waals surface area contributed by atoms with Crippen molar-refractivity contribution in [2.45, 2.75) is 63.6 Å². The van der Waals surface area contributed by atoms with Gasteiger partial charge in [0.2, 0.25) is 0 Å². The molecule has 20 heavy (non-hydrogen) atoms. The zero-order chi connectivity index (χ0) is 13.9. The number of Topliss-reactive ketones (excluding diaryl/α,β-unsaturated/α-hetero) is 1. The molecule has 3 nitrogen and oxygen atoms in total. The molecule has 0 aliphatic heterocycles. The fraction of sp³-hybridized carbons (Fsp3) is 0.588. The van der Waals surface area contributed by atoms with Crippen molar-refractivity contribution in [3.8, 4) is 5.75 Å². The Morgan fingerprint density at radius 2 is 1.90 bits per heavy atom. The molecule has 1 fully saturated rings. The maximum atomic E-state index is 11.9. The molecular weight excluding hydrogens is 252 g/mol. The van der Waals surface area contributed by atoms with Gasteiger partial charge >= 0.3 is 0 Å². The van der Waals surface area contributed by atoms with Gasteiger partial charge in [-0.1, -0.05) is 18.9 Å². The number of carbonyl (C=O) groups excluding carboxylic acids is 1. The van der Waals surface area contributed by atoms with Crippen LogP contribution >= 0.6 is 0 Å². The van der Waals surface area contributed by atoms with E-state index in [1.54, 1.807) is 0 Å². The Bertz CT molecular complexity index is 495. The van der Waals surface area contributed by atoms with Gasteiger partial charge in [-0.2, -0.15) is 0 Å². The van der Waals surface area contributed by atoms with E-state index < -0.39 is 0 Å². The van der Waals surface area contributed by atoms with Crippen LogP contribution in [0.1, 0.15) is 60.9 Å². The lowest BCUT2D eigenvalue weighted by Crippen LogP contribution is -2.30. The van der Waals surface area contributed by atoms with Crippen molar-refractivity contribution in [3.05, 3.63) is 29.3 Å². The predicted molar refractivity (Wildman–Crippen MR) is 77.2 cm³/mol. The smallest absolute Gasteiger partial charge is 0.163 e. The summed E-state index contributed by atoms with van der Waals surface area (Å²) in [5, 5.41) is 10.1. The highest BCUT2D eigenvalue weighted by molar-refractivity contribution is 5.98. The lowest BCUT2D eigenvalue weighted by Gasteiger charge is -2.23. The molecule has 0 aromatic heterocycles. The fourth-order valence-corrected chi connectivity index (χ4v) is 3.25. The van der Waals surface area contributed by atoms with E-state index in [0.717, 1.165) is 55.4 Å². The second-order valence-electron chi connectivity index (χ2n) is 5.96. The van der Waals surface area contributed by atoms with Crippen LogP contribution in [-0.2, 0) is 6.42 Å². The quantitative estimate of drug-likeness (QED) is 0.842. The Balaban J connectivity index is 1.77. The number of aliphatic hydroxyl groups excluding tert-OH is 1. The number of fused-ring (bicyclic) bond motifs is 1. The highest BCUT2D eigenvalue weighted by Gasteiger charge is 2.24. The third kappa shape index (κ3) is 2.88. The van der Waals surface area contributed by atoms with Crippen molar-refractivity contribution in [3.63, 3.8) is 0 Å². The zero-order valence-electron chi connectivity index (χ0n) is 11.8. The molecule has 0 spiro atoms. The van der Waals surface area contributed by atoms with E-state index in [-0.39, 0.29) is 18.0 Å². The Hall–Kier alpha value is -1.35. The van der Waals surface area contributed by atoms with Crippen molar-refractivity contribution in [1.82, 2.24) is 0 Å². The first-order chi connectivity index (χ1) is 9.74. The molecule has 108 valence electrons. The SMILES string of the molecule is O=C1CCCc2ccc(OC3CCCCCC3O)cc21. The lowest BCUT2D eigenvalue weighted by molar-refractivity contribution is 0.0319. The van der Waals surface area contributed by atoms with Crippen LogP contribution in [0.2, 0.25) is 0 Å². The van der Waals surface area contributed by atoms with E-state index >= 15 is 0 Å². The molecule has 0 radical (unpaired) electrons. The molecule has 3 rings (SSSR count). The average Bonchev–Trinajstić information content (AvgIpc) is 2.65. The second kappa shape index (κ2) is 5.96. The average molecular weight is 274 g/mol. The number of aryl methyl sites for hydroxylation is 1. The van der Waals surface area contributed by atoms with Gasteiger partial charge in [-0.25, -0.2) is 0 Å². The van der Waals surface area contributed by atoms with Gasteiger partial charge in [0.1, 0.15) is 11.9 Å². The minimum atomic E-state index is -0.385. The molecule has 0 amide bonds. The molecular formula is C17H22O3. The topological polar surface area (TPSA) is 46.5 Å². The first-order valence-corrected chi connectivity index (χ1v) is 7.75. The first-order valence-electron chi connectivity index (χ1n) is 7.75. The highest BCUT2D eigenvalue weighted by Crippen LogP contribution is 2.28. The first kappa shape index (κ1) is 13.6. The molecule has 0 heterocycles. The molecule has 2 aliphatic carbocycles. The van der Waals surface area contributed by atoms with Crippen molar-refractivity contribution >= 4 is 5.78 Å². The summed E-state index contributed by atoms with van der Waals surface area (Å²) < 4.78 is 5.96. The highest BCUT2D eigenvalue weighted by atomic mass is 16.5. The maximum Gasteiger partial charge on any atom is 0.163 e. The summed E-state index contributed by atoms with van der Waals surface area (Å²) in [5.74, 6) is 0.947. The summed E-state index contributed by atoms with van der Waals surface area (Å²) in [6.07, 6.45) is 7.11. The van der Waals surface area contributed by atoms with Gasteiger partial charge in [-0.3, -0.25) is 4.79 Å². The van der Waals surface area contributed by atoms with Crippen molar-refractivity contribution in [2.24, 2.45) is 0 Å². The minimum absolute atomic E-state index is 0.130. The van der Waals surface area contributed by atoms with Gasteiger partial charge in [-0.15, -0.1) is 0 Å². The van der Waals surface area contributed by atoms with Crippen LogP contribution in [0.25, 0.3) is 0 Å². The number of ketones is 1. The number of ether oxygens (including phenoxy) is 1. The largest absolute Gasteiger partial charge is 0.488 e. The Morgan fingerprint density at radius 1 is 1.05 bits per heavy atom. The summed E-state index contributed by atoms with van der Waals surface area (Å²) in [6, 6.07) is 5.81.